The van der Waals surface area contributed by atoms with Crippen LogP contribution >= 0.6 is 0 Å². The predicted octanol–water partition coefficient (Wildman–Crippen LogP) is 3.06. The third-order valence-electron chi connectivity index (χ3n) is 3.66. The highest BCUT2D eigenvalue weighted by Crippen LogP contribution is 2.17. The van der Waals surface area contributed by atoms with Gasteiger partial charge in [0.05, 0.1) is 6.04 Å². The van der Waals surface area contributed by atoms with Crippen LogP contribution in [0.2, 0.25) is 0 Å². The second-order valence-electron chi connectivity index (χ2n) is 5.18. The van der Waals surface area contributed by atoms with Crippen LogP contribution in [0.1, 0.15) is 49.8 Å². The van der Waals surface area contributed by atoms with Gasteiger partial charge in [0, 0.05) is 19.6 Å². The number of hydrogen-bond acceptors (Lipinski definition) is 1. The molecule has 0 amide bonds. The summed E-state index contributed by atoms with van der Waals surface area (Å²) in [7, 11) is 0. The van der Waals surface area contributed by atoms with E-state index in [9.17, 15) is 0 Å². The molecule has 1 heterocycles. The van der Waals surface area contributed by atoms with E-state index in [0.717, 1.165) is 19.6 Å². The predicted molar refractivity (Wildman–Crippen MR) is 76.9 cm³/mol. The Balaban J connectivity index is 1.81. The summed E-state index contributed by atoms with van der Waals surface area (Å²) >= 11 is 0. The smallest absolute Gasteiger partial charge is 0.0620 e. The Labute approximate surface area is 111 Å². The van der Waals surface area contributed by atoms with E-state index < -0.39 is 0 Å². The lowest BCUT2D eigenvalue weighted by molar-refractivity contribution is 0.421. The van der Waals surface area contributed by atoms with Gasteiger partial charge >= 0.3 is 0 Å². The number of nitrogens with zero attached hydrogens (tertiary/aromatic N) is 1. The van der Waals surface area contributed by atoms with Crippen LogP contribution in [-0.4, -0.2) is 19.6 Å². The summed E-state index contributed by atoms with van der Waals surface area (Å²) in [5.41, 5.74) is 2.83. The van der Waals surface area contributed by atoms with Crippen LogP contribution in [0.25, 0.3) is 0 Å². The molecular formula is C16H25N2. The second kappa shape index (κ2) is 7.55. The fourth-order valence-electron chi connectivity index (χ4n) is 2.49. The largest absolute Gasteiger partial charge is 0.313 e. The van der Waals surface area contributed by atoms with Crippen molar-refractivity contribution in [3.05, 3.63) is 35.4 Å². The molecule has 1 aliphatic rings. The fraction of sp³-hybridized carbons (Fsp3) is 0.625. The van der Waals surface area contributed by atoms with Gasteiger partial charge in [0.25, 0.3) is 0 Å². The molecule has 1 radical (unpaired) electrons. The van der Waals surface area contributed by atoms with Crippen molar-refractivity contribution in [2.45, 2.75) is 45.1 Å². The summed E-state index contributed by atoms with van der Waals surface area (Å²) < 4.78 is 0. The zero-order chi connectivity index (χ0) is 12.6. The third kappa shape index (κ3) is 4.11. The third-order valence-corrected chi connectivity index (χ3v) is 3.66. The van der Waals surface area contributed by atoms with Gasteiger partial charge in [-0.1, -0.05) is 50.5 Å². The number of piperazine rings is 1. The lowest BCUT2D eigenvalue weighted by atomic mass is 10.0. The number of nitrogens with one attached hydrogen (secondary N) is 1. The van der Waals surface area contributed by atoms with Gasteiger partial charge in [0.15, 0.2) is 0 Å². The van der Waals surface area contributed by atoms with Crippen LogP contribution in [0.4, 0.5) is 0 Å². The maximum atomic E-state index is 4.65. The van der Waals surface area contributed by atoms with Crippen LogP contribution in [0.5, 0.6) is 0 Å². The van der Waals surface area contributed by atoms with E-state index >= 15 is 0 Å². The van der Waals surface area contributed by atoms with E-state index in [2.05, 4.69) is 41.8 Å². The highest BCUT2D eigenvalue weighted by Gasteiger charge is 2.14. The van der Waals surface area contributed by atoms with Crippen molar-refractivity contribution in [3.8, 4) is 0 Å². The van der Waals surface area contributed by atoms with Crippen LogP contribution in [0.3, 0.4) is 0 Å². The van der Waals surface area contributed by atoms with Gasteiger partial charge in [-0.05, 0) is 24.0 Å². The van der Waals surface area contributed by atoms with Crippen LogP contribution in [0.15, 0.2) is 24.3 Å². The summed E-state index contributed by atoms with van der Waals surface area (Å²) in [6.07, 6.45) is 6.59. The summed E-state index contributed by atoms with van der Waals surface area (Å²) in [4.78, 5) is 0. The highest BCUT2D eigenvalue weighted by atomic mass is 15.1. The fourth-order valence-corrected chi connectivity index (χ4v) is 2.49. The average Bonchev–Trinajstić information content (AvgIpc) is 2.45. The van der Waals surface area contributed by atoms with E-state index in [-0.39, 0.29) is 0 Å². The Morgan fingerprint density at radius 3 is 2.67 bits per heavy atom. The van der Waals surface area contributed by atoms with Crippen molar-refractivity contribution in [3.63, 3.8) is 0 Å². The molecule has 99 valence electrons. The summed E-state index contributed by atoms with van der Waals surface area (Å²) in [5, 5.41) is 8.06. The molecule has 2 nitrogen and oxygen atoms in total. The summed E-state index contributed by atoms with van der Waals surface area (Å²) in [6.45, 7) is 5.24. The van der Waals surface area contributed by atoms with Gasteiger partial charge in [-0.15, -0.1) is 0 Å². The lowest BCUT2D eigenvalue weighted by Gasteiger charge is -2.23. The van der Waals surface area contributed by atoms with Crippen LogP contribution in [-0.2, 0) is 6.42 Å². The monoisotopic (exact) mass is 245 g/mol. The minimum absolute atomic E-state index is 0.368. The lowest BCUT2D eigenvalue weighted by Crippen LogP contribution is -2.38. The maximum absolute atomic E-state index is 4.65. The topological polar surface area (TPSA) is 26.1 Å². The molecule has 1 saturated heterocycles. The minimum Gasteiger partial charge on any atom is -0.313 e. The molecule has 18 heavy (non-hydrogen) atoms. The number of aryl methyl sites for hydroxylation is 1. The summed E-state index contributed by atoms with van der Waals surface area (Å²) in [6, 6.07) is 9.46. The Morgan fingerprint density at radius 2 is 2.00 bits per heavy atom. The van der Waals surface area contributed by atoms with Crippen molar-refractivity contribution < 1.29 is 0 Å². The molecule has 2 rings (SSSR count). The Bertz CT molecular complexity index is 325. The second-order valence-corrected chi connectivity index (χ2v) is 5.18. The van der Waals surface area contributed by atoms with Gasteiger partial charge in [-0.25, -0.2) is 5.32 Å². The first-order chi connectivity index (χ1) is 8.90. The molecular weight excluding hydrogens is 220 g/mol. The average molecular weight is 245 g/mol. The molecule has 0 spiro atoms. The van der Waals surface area contributed by atoms with Gasteiger partial charge < -0.3 is 5.32 Å². The first kappa shape index (κ1) is 13.6. The molecule has 1 aliphatic heterocycles. The zero-order valence-corrected chi connectivity index (χ0v) is 11.5. The Hall–Kier alpha value is -0.860. The number of unbranched alkanes of at least 4 members (excludes halogenated alkanes) is 3. The minimum atomic E-state index is 0.368. The van der Waals surface area contributed by atoms with E-state index in [1.807, 2.05) is 0 Å². The summed E-state index contributed by atoms with van der Waals surface area (Å²) in [5.74, 6) is 0. The van der Waals surface area contributed by atoms with Gasteiger partial charge in [0.2, 0.25) is 0 Å². The van der Waals surface area contributed by atoms with Crippen molar-refractivity contribution in [1.29, 1.82) is 0 Å². The van der Waals surface area contributed by atoms with Gasteiger partial charge in [-0.2, -0.15) is 0 Å². The molecule has 1 unspecified atom stereocenters. The molecule has 1 aromatic rings. The van der Waals surface area contributed by atoms with Crippen molar-refractivity contribution in [2.75, 3.05) is 19.6 Å². The Kier molecular flexibility index (Phi) is 5.69. The Morgan fingerprint density at radius 1 is 1.17 bits per heavy atom. The van der Waals surface area contributed by atoms with E-state index in [1.54, 1.807) is 0 Å². The normalized spacial score (nSPS) is 19.9. The van der Waals surface area contributed by atoms with Crippen molar-refractivity contribution in [2.24, 2.45) is 0 Å². The number of hydrogen-bond donors (Lipinski definition) is 1. The van der Waals surface area contributed by atoms with Crippen molar-refractivity contribution in [1.82, 2.24) is 10.6 Å². The molecule has 1 N–H and O–H groups in total. The molecule has 1 atom stereocenters. The van der Waals surface area contributed by atoms with Crippen LogP contribution < -0.4 is 10.6 Å². The molecule has 2 heteroatoms. The zero-order valence-electron chi connectivity index (χ0n) is 11.5. The highest BCUT2D eigenvalue weighted by molar-refractivity contribution is 5.25. The van der Waals surface area contributed by atoms with Gasteiger partial charge in [-0.3, -0.25) is 0 Å². The first-order valence-electron chi connectivity index (χ1n) is 7.36. The van der Waals surface area contributed by atoms with E-state index in [0.29, 0.717) is 6.04 Å². The molecule has 0 saturated carbocycles. The van der Waals surface area contributed by atoms with Crippen molar-refractivity contribution >= 4 is 0 Å². The number of rotatable bonds is 6. The standard InChI is InChI=1S/C16H25N2/c1-2-3-4-5-6-14-7-9-15(10-8-14)16-13-17-11-12-18-16/h7-10,16-17H,2-6,11-13H2,1H3. The van der Waals surface area contributed by atoms with E-state index in [1.165, 1.54) is 43.2 Å². The van der Waals surface area contributed by atoms with Crippen LogP contribution in [0, 0.1) is 0 Å². The number of benzene rings is 1. The SMILES string of the molecule is CCCCCCc1ccc(C2CNCC[N]2)cc1. The molecule has 1 fully saturated rings. The van der Waals surface area contributed by atoms with Gasteiger partial charge in [0.1, 0.15) is 0 Å². The maximum Gasteiger partial charge on any atom is 0.0620 e. The molecule has 0 bridgehead atoms. The molecule has 0 aliphatic carbocycles. The van der Waals surface area contributed by atoms with E-state index in [4.69, 9.17) is 0 Å². The molecule has 1 aromatic carbocycles. The quantitative estimate of drug-likeness (QED) is 0.766. The molecule has 0 aromatic heterocycles. The first-order valence-corrected chi connectivity index (χ1v) is 7.36.